The maximum absolute atomic E-state index is 13.2. The van der Waals surface area contributed by atoms with Gasteiger partial charge in [0.25, 0.3) is 0 Å². The number of carbonyl (C=O) groups excluding carboxylic acids is 3. The Kier molecular flexibility index (Phi) is 8.31. The number of ether oxygens (including phenoxy) is 1. The number of hydrogen-bond acceptors (Lipinski definition) is 5. The van der Waals surface area contributed by atoms with E-state index in [0.29, 0.717) is 30.3 Å². The van der Waals surface area contributed by atoms with Crippen LogP contribution < -0.4 is 10.1 Å². The Morgan fingerprint density at radius 2 is 2.06 bits per heavy atom. The van der Waals surface area contributed by atoms with E-state index >= 15 is 0 Å². The fourth-order valence-corrected chi connectivity index (χ4v) is 6.62. The summed E-state index contributed by atoms with van der Waals surface area (Å²) < 4.78 is 5.39. The van der Waals surface area contributed by atoms with Crippen molar-refractivity contribution in [3.63, 3.8) is 0 Å². The fraction of sp³-hybridized carbons (Fsp3) is 0.538. The first-order chi connectivity index (χ1) is 16.1. The molecule has 0 bridgehead atoms. The van der Waals surface area contributed by atoms with E-state index in [1.165, 1.54) is 0 Å². The van der Waals surface area contributed by atoms with Gasteiger partial charge in [0.05, 0.1) is 18.9 Å². The molecule has 1 aliphatic rings. The third-order valence-electron chi connectivity index (χ3n) is 6.48. The van der Waals surface area contributed by atoms with Gasteiger partial charge in [-0.1, -0.05) is 32.1 Å². The Balaban J connectivity index is 1.74. The molecule has 7 nitrogen and oxygen atoms in total. The molecule has 34 heavy (non-hydrogen) atoms. The number of nitrogens with one attached hydrogen (secondary N) is 2. The predicted octanol–water partition coefficient (Wildman–Crippen LogP) is 4.86. The number of aromatic amines is 1. The van der Waals surface area contributed by atoms with Crippen molar-refractivity contribution in [3.05, 3.63) is 30.0 Å². The average molecular weight is 482 g/mol. The van der Waals surface area contributed by atoms with Crippen molar-refractivity contribution in [1.29, 1.82) is 5.26 Å². The molecule has 3 unspecified atom stereocenters. The van der Waals surface area contributed by atoms with E-state index in [2.05, 4.69) is 36.0 Å². The summed E-state index contributed by atoms with van der Waals surface area (Å²) in [5.74, 6) is -0.253. The number of benzene rings is 1. The highest BCUT2D eigenvalue weighted by molar-refractivity contribution is 6.76. The van der Waals surface area contributed by atoms with Crippen LogP contribution in [0.25, 0.3) is 10.9 Å². The molecule has 1 amide bonds. The Bertz CT molecular complexity index is 1100. The van der Waals surface area contributed by atoms with Crippen molar-refractivity contribution in [3.8, 4) is 11.8 Å². The van der Waals surface area contributed by atoms with Gasteiger partial charge in [-0.15, -0.1) is 0 Å². The van der Waals surface area contributed by atoms with Gasteiger partial charge in [-0.2, -0.15) is 5.26 Å². The zero-order chi connectivity index (χ0) is 24.9. The number of rotatable bonds is 10. The second kappa shape index (κ2) is 11.0. The highest BCUT2D eigenvalue weighted by atomic mass is 28.3. The third kappa shape index (κ3) is 6.57. The number of aromatic nitrogens is 1. The van der Waals surface area contributed by atoms with Gasteiger partial charge in [0.15, 0.2) is 5.78 Å². The number of nitrogens with zero attached hydrogens (tertiary/aromatic N) is 1. The van der Waals surface area contributed by atoms with E-state index in [4.69, 9.17) is 4.74 Å². The van der Waals surface area contributed by atoms with Crippen LogP contribution in [0.3, 0.4) is 0 Å². The monoisotopic (exact) mass is 481 g/mol. The van der Waals surface area contributed by atoms with Crippen molar-refractivity contribution in [2.75, 3.05) is 7.11 Å². The summed E-state index contributed by atoms with van der Waals surface area (Å²) >= 11 is 0. The van der Waals surface area contributed by atoms with E-state index in [0.717, 1.165) is 30.2 Å². The first-order valence-corrected chi connectivity index (χ1v) is 15.7. The van der Waals surface area contributed by atoms with Crippen LogP contribution in [-0.4, -0.2) is 43.7 Å². The van der Waals surface area contributed by atoms with Crippen LogP contribution in [0.4, 0.5) is 0 Å². The second-order valence-corrected chi connectivity index (χ2v) is 16.1. The summed E-state index contributed by atoms with van der Waals surface area (Å²) in [4.78, 5) is 41.8. The lowest BCUT2D eigenvalue weighted by Gasteiger charge is -2.26. The van der Waals surface area contributed by atoms with E-state index in [1.807, 2.05) is 18.2 Å². The molecule has 1 heterocycles. The smallest absolute Gasteiger partial charge is 0.224 e. The molecule has 1 fully saturated rings. The van der Waals surface area contributed by atoms with Crippen LogP contribution in [0, 0.1) is 23.2 Å². The molecule has 1 saturated carbocycles. The maximum Gasteiger partial charge on any atom is 0.224 e. The van der Waals surface area contributed by atoms with Gasteiger partial charge in [-0.3, -0.25) is 14.4 Å². The number of H-pyrrole nitrogens is 1. The van der Waals surface area contributed by atoms with Crippen LogP contribution in [0.15, 0.2) is 24.3 Å². The van der Waals surface area contributed by atoms with Crippen LogP contribution in [-0.2, 0) is 9.59 Å². The molecule has 2 N–H and O–H groups in total. The van der Waals surface area contributed by atoms with Gasteiger partial charge in [-0.25, -0.2) is 0 Å². The zero-order valence-corrected chi connectivity index (χ0v) is 21.6. The van der Waals surface area contributed by atoms with Crippen molar-refractivity contribution < 1.29 is 19.1 Å². The molecule has 182 valence electrons. The third-order valence-corrected chi connectivity index (χ3v) is 8.20. The van der Waals surface area contributed by atoms with Gasteiger partial charge in [0, 0.05) is 43.7 Å². The number of hydrogen-bond donors (Lipinski definition) is 2. The van der Waals surface area contributed by atoms with Gasteiger partial charge in [0.1, 0.15) is 17.6 Å². The number of ketones is 2. The van der Waals surface area contributed by atoms with Crippen molar-refractivity contribution >= 4 is 36.5 Å². The minimum Gasteiger partial charge on any atom is -0.496 e. The molecule has 0 aliphatic heterocycles. The van der Waals surface area contributed by atoms with E-state index in [9.17, 15) is 19.6 Å². The Morgan fingerprint density at radius 1 is 1.29 bits per heavy atom. The van der Waals surface area contributed by atoms with Crippen LogP contribution in [0.2, 0.25) is 25.7 Å². The first-order valence-electron chi connectivity index (χ1n) is 12.0. The zero-order valence-electron chi connectivity index (χ0n) is 20.6. The molecular formula is C26H35N3O4Si. The number of Topliss-reactive ketones (excluding diaryl/α,β-unsaturated/α-hetero) is 2. The van der Waals surface area contributed by atoms with Crippen molar-refractivity contribution in [2.45, 2.75) is 70.3 Å². The Labute approximate surface area is 202 Å². The van der Waals surface area contributed by atoms with Crippen LogP contribution in [0.5, 0.6) is 5.75 Å². The number of amides is 1. The van der Waals surface area contributed by atoms with Gasteiger partial charge < -0.3 is 15.0 Å². The Hall–Kier alpha value is -2.92. The molecular weight excluding hydrogens is 446 g/mol. The molecule has 3 atom stereocenters. The average Bonchev–Trinajstić information content (AvgIpc) is 3.23. The molecule has 3 rings (SSSR count). The van der Waals surface area contributed by atoms with Gasteiger partial charge in [-0.05, 0) is 43.5 Å². The second-order valence-electron chi connectivity index (χ2n) is 10.5. The fourth-order valence-electron chi connectivity index (χ4n) is 4.81. The SMILES string of the molecule is COc1cccc2[nH]c(C(=O)CC(C[Si](C)(C)C)C(=O)NC(C#N)CC3CCCCC3=O)cc12. The minimum absolute atomic E-state index is 0.0613. The highest BCUT2D eigenvalue weighted by Crippen LogP contribution is 2.29. The summed E-state index contributed by atoms with van der Waals surface area (Å²) in [6, 6.07) is 9.41. The van der Waals surface area contributed by atoms with Crippen LogP contribution in [0.1, 0.15) is 49.0 Å². The molecule has 1 aromatic heterocycles. The molecule has 1 aliphatic carbocycles. The van der Waals surface area contributed by atoms with Gasteiger partial charge >= 0.3 is 0 Å². The van der Waals surface area contributed by atoms with Crippen LogP contribution >= 0.6 is 0 Å². The summed E-state index contributed by atoms with van der Waals surface area (Å²) in [6.45, 7) is 6.48. The van der Waals surface area contributed by atoms with E-state index < -0.39 is 20.0 Å². The molecule has 0 saturated heterocycles. The Morgan fingerprint density at radius 3 is 2.71 bits per heavy atom. The summed E-state index contributed by atoms with van der Waals surface area (Å²) in [7, 11) is -0.105. The standard InChI is InChI=1S/C26H35N3O4Si/c1-33-25-11-7-9-21-20(25)14-22(29-21)24(31)13-18(16-34(2,3)4)26(32)28-19(15-27)12-17-8-5-6-10-23(17)30/h7,9,11,14,17-19,29H,5-6,8,10,12-13,16H2,1-4H3,(H,28,32). The molecule has 1 aromatic carbocycles. The number of fused-ring (bicyclic) bond motifs is 1. The number of carbonyl (C=O) groups is 3. The quantitative estimate of drug-likeness (QED) is 0.372. The lowest BCUT2D eigenvalue weighted by molar-refractivity contribution is -0.127. The van der Waals surface area contributed by atoms with Crippen molar-refractivity contribution in [1.82, 2.24) is 10.3 Å². The van der Waals surface area contributed by atoms with Gasteiger partial charge in [0.2, 0.25) is 5.91 Å². The normalized spacial score (nSPS) is 18.2. The summed E-state index contributed by atoms with van der Waals surface area (Å²) in [5.41, 5.74) is 1.24. The van der Waals surface area contributed by atoms with Crippen molar-refractivity contribution in [2.24, 2.45) is 11.8 Å². The predicted molar refractivity (Wildman–Crippen MR) is 135 cm³/mol. The minimum atomic E-state index is -1.69. The molecule has 0 spiro atoms. The number of nitriles is 1. The summed E-state index contributed by atoms with van der Waals surface area (Å²) in [6.07, 6.45) is 3.61. The topological polar surface area (TPSA) is 112 Å². The largest absolute Gasteiger partial charge is 0.496 e. The number of methoxy groups -OCH3 is 1. The maximum atomic E-state index is 13.2. The van der Waals surface area contributed by atoms with E-state index in [1.54, 1.807) is 13.2 Å². The first kappa shape index (κ1) is 25.7. The highest BCUT2D eigenvalue weighted by Gasteiger charge is 2.32. The summed E-state index contributed by atoms with van der Waals surface area (Å²) in [5, 5.41) is 13.3. The molecule has 2 aromatic rings. The lowest BCUT2D eigenvalue weighted by atomic mass is 9.84. The molecule has 8 heteroatoms. The van der Waals surface area contributed by atoms with E-state index in [-0.39, 0.29) is 29.8 Å². The molecule has 0 radical (unpaired) electrons. The lowest BCUT2D eigenvalue weighted by Crippen LogP contribution is -2.42.